The Kier molecular flexibility index (Phi) is 3.45. The quantitative estimate of drug-likeness (QED) is 0.805. The van der Waals surface area contributed by atoms with Crippen LogP contribution in [0.25, 0.3) is 0 Å². The largest absolute Gasteiger partial charge is 0.274 e. The first kappa shape index (κ1) is 12.1. The van der Waals surface area contributed by atoms with Crippen molar-refractivity contribution in [3.05, 3.63) is 46.2 Å². The Balaban J connectivity index is 2.31. The summed E-state index contributed by atoms with van der Waals surface area (Å²) >= 11 is 11.4. The van der Waals surface area contributed by atoms with Crippen LogP contribution in [-0.2, 0) is 6.54 Å². The summed E-state index contributed by atoms with van der Waals surface area (Å²) in [5, 5.41) is 7.66. The van der Waals surface area contributed by atoms with Crippen LogP contribution >= 0.6 is 23.2 Å². The van der Waals surface area contributed by atoms with E-state index in [-0.39, 0.29) is 5.69 Å². The van der Waals surface area contributed by atoms with Gasteiger partial charge in [0, 0.05) is 5.02 Å². The first-order valence-electron chi connectivity index (χ1n) is 4.93. The lowest BCUT2D eigenvalue weighted by Crippen LogP contribution is -2.05. The van der Waals surface area contributed by atoms with E-state index in [9.17, 15) is 4.79 Å². The molecule has 6 heteroatoms. The summed E-state index contributed by atoms with van der Waals surface area (Å²) in [4.78, 5) is 11.0. The highest BCUT2D eigenvalue weighted by Crippen LogP contribution is 2.17. The zero-order valence-corrected chi connectivity index (χ0v) is 10.5. The molecule has 4 nitrogen and oxygen atoms in total. The molecular formula is C11H9Cl2N3O. The van der Waals surface area contributed by atoms with E-state index in [1.165, 1.54) is 0 Å². The molecule has 1 aromatic carbocycles. The Hall–Kier alpha value is -1.39. The van der Waals surface area contributed by atoms with Gasteiger partial charge in [0.15, 0.2) is 5.69 Å². The van der Waals surface area contributed by atoms with E-state index in [0.29, 0.717) is 17.3 Å². The van der Waals surface area contributed by atoms with E-state index in [1.54, 1.807) is 17.7 Å². The molecule has 88 valence electrons. The minimum absolute atomic E-state index is 0.179. The molecule has 1 heterocycles. The van der Waals surface area contributed by atoms with Crippen molar-refractivity contribution in [2.75, 3.05) is 0 Å². The molecule has 0 aliphatic rings. The molecule has 0 amide bonds. The number of hydrogen-bond acceptors (Lipinski definition) is 3. The normalized spacial score (nSPS) is 10.5. The van der Waals surface area contributed by atoms with Crippen LogP contribution in [0.5, 0.6) is 0 Å². The van der Waals surface area contributed by atoms with Crippen LogP contribution in [0.3, 0.4) is 0 Å². The predicted molar refractivity (Wildman–Crippen MR) is 65.5 cm³/mol. The van der Waals surface area contributed by atoms with Crippen LogP contribution in [-0.4, -0.2) is 20.2 Å². The van der Waals surface area contributed by atoms with E-state index in [0.717, 1.165) is 5.56 Å². The van der Waals surface area contributed by atoms with Gasteiger partial charge in [0.25, 0.3) is 5.24 Å². The average Bonchev–Trinajstić information content (AvgIpc) is 2.64. The SMILES string of the molecule is Cc1c(C(=O)Cl)nnn1Cc1ccccc1Cl. The van der Waals surface area contributed by atoms with Gasteiger partial charge in [-0.05, 0) is 30.2 Å². The third-order valence-electron chi connectivity index (χ3n) is 2.45. The number of benzene rings is 1. The number of nitrogens with zero attached hydrogens (tertiary/aromatic N) is 3. The highest BCUT2D eigenvalue weighted by molar-refractivity contribution is 6.67. The maximum Gasteiger partial charge on any atom is 0.274 e. The molecular weight excluding hydrogens is 261 g/mol. The number of carbonyl (C=O) groups excluding carboxylic acids is 1. The van der Waals surface area contributed by atoms with Crippen molar-refractivity contribution in [1.29, 1.82) is 0 Å². The molecule has 2 rings (SSSR count). The van der Waals surface area contributed by atoms with Crippen LogP contribution in [0.1, 0.15) is 21.7 Å². The maximum atomic E-state index is 11.0. The second kappa shape index (κ2) is 4.85. The van der Waals surface area contributed by atoms with E-state index in [4.69, 9.17) is 23.2 Å². The van der Waals surface area contributed by atoms with Crippen LogP contribution in [0, 0.1) is 6.92 Å². The molecule has 0 aliphatic heterocycles. The van der Waals surface area contributed by atoms with E-state index < -0.39 is 5.24 Å². The van der Waals surface area contributed by atoms with Gasteiger partial charge in [0.1, 0.15) is 0 Å². The van der Waals surface area contributed by atoms with Crippen LogP contribution in [0.15, 0.2) is 24.3 Å². The van der Waals surface area contributed by atoms with Crippen molar-refractivity contribution in [2.24, 2.45) is 0 Å². The van der Waals surface area contributed by atoms with Crippen LogP contribution < -0.4 is 0 Å². The minimum atomic E-state index is -0.604. The monoisotopic (exact) mass is 269 g/mol. The molecule has 1 aromatic heterocycles. The smallest absolute Gasteiger partial charge is 0.274 e. The van der Waals surface area contributed by atoms with Crippen molar-refractivity contribution >= 4 is 28.4 Å². The van der Waals surface area contributed by atoms with Crippen molar-refractivity contribution in [3.63, 3.8) is 0 Å². The van der Waals surface area contributed by atoms with Gasteiger partial charge in [0.05, 0.1) is 12.2 Å². The Labute approximate surface area is 108 Å². The summed E-state index contributed by atoms with van der Waals surface area (Å²) in [6, 6.07) is 7.44. The fourth-order valence-corrected chi connectivity index (χ4v) is 1.85. The molecule has 0 N–H and O–H groups in total. The Morgan fingerprint density at radius 3 is 2.71 bits per heavy atom. The number of rotatable bonds is 3. The molecule has 17 heavy (non-hydrogen) atoms. The van der Waals surface area contributed by atoms with E-state index in [1.807, 2.05) is 18.2 Å². The second-order valence-corrected chi connectivity index (χ2v) is 4.30. The lowest BCUT2D eigenvalue weighted by atomic mass is 10.2. The second-order valence-electron chi connectivity index (χ2n) is 3.55. The molecule has 0 saturated carbocycles. The molecule has 0 unspecified atom stereocenters. The molecule has 0 bridgehead atoms. The summed E-state index contributed by atoms with van der Waals surface area (Å²) in [5.74, 6) is 0. The van der Waals surface area contributed by atoms with Crippen molar-refractivity contribution < 1.29 is 4.79 Å². The molecule has 0 atom stereocenters. The number of carbonyl (C=O) groups is 1. The van der Waals surface area contributed by atoms with Gasteiger partial charge >= 0.3 is 0 Å². The number of hydrogen-bond donors (Lipinski definition) is 0. The predicted octanol–water partition coefficient (Wildman–Crippen LogP) is 2.67. The summed E-state index contributed by atoms with van der Waals surface area (Å²) in [5.41, 5.74) is 1.72. The first-order valence-corrected chi connectivity index (χ1v) is 5.68. The fourth-order valence-electron chi connectivity index (χ4n) is 1.48. The molecule has 0 radical (unpaired) electrons. The maximum absolute atomic E-state index is 11.0. The lowest BCUT2D eigenvalue weighted by Gasteiger charge is -2.05. The van der Waals surface area contributed by atoms with E-state index >= 15 is 0 Å². The summed E-state index contributed by atoms with van der Waals surface area (Å²) in [6.45, 7) is 2.20. The topological polar surface area (TPSA) is 47.8 Å². The van der Waals surface area contributed by atoms with Gasteiger partial charge in [-0.2, -0.15) is 0 Å². The standard InChI is InChI=1S/C11H9Cl2N3O/c1-7-10(11(13)17)14-15-16(7)6-8-4-2-3-5-9(8)12/h2-5H,6H2,1H3. The van der Waals surface area contributed by atoms with Crippen LogP contribution in [0.4, 0.5) is 0 Å². The van der Waals surface area contributed by atoms with Gasteiger partial charge in [-0.1, -0.05) is 35.0 Å². The van der Waals surface area contributed by atoms with Gasteiger partial charge in [-0.3, -0.25) is 4.79 Å². The summed E-state index contributed by atoms with van der Waals surface area (Å²) in [7, 11) is 0. The average molecular weight is 270 g/mol. The third kappa shape index (κ3) is 2.48. The molecule has 0 saturated heterocycles. The van der Waals surface area contributed by atoms with Crippen molar-refractivity contribution in [1.82, 2.24) is 15.0 Å². The molecule has 2 aromatic rings. The molecule has 0 fully saturated rings. The van der Waals surface area contributed by atoms with Crippen molar-refractivity contribution in [2.45, 2.75) is 13.5 Å². The van der Waals surface area contributed by atoms with E-state index in [2.05, 4.69) is 10.3 Å². The molecule has 0 aliphatic carbocycles. The Morgan fingerprint density at radius 1 is 1.41 bits per heavy atom. The first-order chi connectivity index (χ1) is 8.09. The van der Waals surface area contributed by atoms with Gasteiger partial charge in [-0.15, -0.1) is 5.10 Å². The van der Waals surface area contributed by atoms with Gasteiger partial charge < -0.3 is 0 Å². The lowest BCUT2D eigenvalue weighted by molar-refractivity contribution is 0.107. The highest BCUT2D eigenvalue weighted by atomic mass is 35.5. The Morgan fingerprint density at radius 2 is 2.12 bits per heavy atom. The minimum Gasteiger partial charge on any atom is -0.274 e. The summed E-state index contributed by atoms with van der Waals surface area (Å²) < 4.78 is 1.59. The zero-order valence-electron chi connectivity index (χ0n) is 9.02. The van der Waals surface area contributed by atoms with Crippen molar-refractivity contribution in [3.8, 4) is 0 Å². The van der Waals surface area contributed by atoms with Gasteiger partial charge in [-0.25, -0.2) is 4.68 Å². The summed E-state index contributed by atoms with van der Waals surface area (Å²) in [6.07, 6.45) is 0. The Bertz CT molecular complexity index is 566. The van der Waals surface area contributed by atoms with Crippen LogP contribution in [0.2, 0.25) is 5.02 Å². The fraction of sp³-hybridized carbons (Fsp3) is 0.182. The van der Waals surface area contributed by atoms with Gasteiger partial charge in [0.2, 0.25) is 0 Å². The highest BCUT2D eigenvalue weighted by Gasteiger charge is 2.14. The number of aromatic nitrogens is 3. The molecule has 0 spiro atoms. The number of halogens is 2. The zero-order chi connectivity index (χ0) is 12.4. The third-order valence-corrected chi connectivity index (χ3v) is 2.99.